The predicted octanol–water partition coefficient (Wildman–Crippen LogP) is 5.48. The van der Waals surface area contributed by atoms with E-state index in [2.05, 4.69) is 46.4 Å². The van der Waals surface area contributed by atoms with Crippen molar-refractivity contribution in [1.29, 1.82) is 0 Å². The molecular formula is C26H34ClN3O5Si. The highest BCUT2D eigenvalue weighted by atomic mass is 35.5. The maximum atomic E-state index is 6.30. The summed E-state index contributed by atoms with van der Waals surface area (Å²) in [6.07, 6.45) is -0.994. The monoisotopic (exact) mass is 531 g/mol. The van der Waals surface area contributed by atoms with E-state index in [1.165, 1.54) is 0 Å². The van der Waals surface area contributed by atoms with E-state index in [1.807, 2.05) is 31.2 Å². The minimum Gasteiger partial charge on any atom is -0.461 e. The molecule has 0 amide bonds. The van der Waals surface area contributed by atoms with Gasteiger partial charge in [0.15, 0.2) is 24.1 Å². The average molecular weight is 532 g/mol. The molecule has 36 heavy (non-hydrogen) atoms. The number of halogens is 1. The SMILES string of the molecule is COC(C)Oc1cc2nc(Cl)nc(Nc3cccc(C#C[Si](C)(C)C)c3C)c2cc1OC(C)OC.O. The van der Waals surface area contributed by atoms with Gasteiger partial charge >= 0.3 is 0 Å². The molecule has 2 aromatic carbocycles. The summed E-state index contributed by atoms with van der Waals surface area (Å²) >= 11 is 6.30. The molecule has 2 atom stereocenters. The quantitative estimate of drug-likeness (QED) is 0.177. The molecule has 3 rings (SSSR count). The Morgan fingerprint density at radius 2 is 1.58 bits per heavy atom. The molecule has 0 bridgehead atoms. The maximum absolute atomic E-state index is 6.30. The molecule has 3 aromatic rings. The van der Waals surface area contributed by atoms with Gasteiger partial charge in [-0.15, -0.1) is 5.54 Å². The third-order valence-corrected chi connectivity index (χ3v) is 6.19. The van der Waals surface area contributed by atoms with Crippen molar-refractivity contribution in [1.82, 2.24) is 9.97 Å². The van der Waals surface area contributed by atoms with Gasteiger partial charge in [-0.3, -0.25) is 0 Å². The molecule has 0 radical (unpaired) electrons. The number of hydrogen-bond acceptors (Lipinski definition) is 7. The molecule has 0 aliphatic carbocycles. The summed E-state index contributed by atoms with van der Waals surface area (Å²) in [5.74, 6) is 4.81. The minimum absolute atomic E-state index is 0. The van der Waals surface area contributed by atoms with Crippen LogP contribution in [0.5, 0.6) is 11.5 Å². The molecule has 3 N–H and O–H groups in total. The number of rotatable bonds is 8. The van der Waals surface area contributed by atoms with Crippen LogP contribution in [0.3, 0.4) is 0 Å². The molecule has 0 spiro atoms. The zero-order chi connectivity index (χ0) is 25.8. The van der Waals surface area contributed by atoms with Gasteiger partial charge in [0.05, 0.1) is 5.52 Å². The Balaban J connectivity index is 0.00000456. The molecule has 10 heteroatoms. The van der Waals surface area contributed by atoms with Crippen molar-refractivity contribution in [3.63, 3.8) is 0 Å². The van der Waals surface area contributed by atoms with Crippen molar-refractivity contribution in [3.05, 3.63) is 46.7 Å². The molecule has 0 aliphatic heterocycles. The van der Waals surface area contributed by atoms with Gasteiger partial charge in [-0.2, -0.15) is 4.98 Å². The molecule has 0 fully saturated rings. The van der Waals surface area contributed by atoms with Crippen molar-refractivity contribution >= 4 is 42.1 Å². The van der Waals surface area contributed by atoms with E-state index in [1.54, 1.807) is 34.1 Å². The molecule has 1 aromatic heterocycles. The fraction of sp³-hybridized carbons (Fsp3) is 0.385. The van der Waals surface area contributed by atoms with Crippen LogP contribution in [-0.4, -0.2) is 50.3 Å². The van der Waals surface area contributed by atoms with Gasteiger partial charge < -0.3 is 29.7 Å². The molecule has 0 aliphatic rings. The van der Waals surface area contributed by atoms with E-state index in [-0.39, 0.29) is 10.8 Å². The number of ether oxygens (including phenoxy) is 4. The standard InChI is InChI=1S/C26H32ClN3O4Si.H2O/c1-16-19(12-13-35(6,7)8)10-9-11-21(16)28-25-20-14-23(33-17(2)31-4)24(34-18(3)32-5)15-22(20)29-26(27)30-25;/h9-11,14-15,17-18H,1-8H3,(H,28,29,30);1H2. The van der Waals surface area contributed by atoms with E-state index in [4.69, 9.17) is 30.5 Å². The summed E-state index contributed by atoms with van der Waals surface area (Å²) in [6.45, 7) is 12.3. The van der Waals surface area contributed by atoms with Crippen molar-refractivity contribution in [2.75, 3.05) is 19.5 Å². The predicted molar refractivity (Wildman–Crippen MR) is 147 cm³/mol. The third-order valence-electron chi connectivity index (χ3n) is 5.14. The molecule has 194 valence electrons. The van der Waals surface area contributed by atoms with Gasteiger partial charge in [0.1, 0.15) is 13.9 Å². The van der Waals surface area contributed by atoms with Crippen LogP contribution in [0.15, 0.2) is 30.3 Å². The first-order valence-corrected chi connectivity index (χ1v) is 15.2. The number of methoxy groups -OCH3 is 2. The van der Waals surface area contributed by atoms with Crippen molar-refractivity contribution < 1.29 is 24.4 Å². The van der Waals surface area contributed by atoms with E-state index < -0.39 is 20.7 Å². The lowest BCUT2D eigenvalue weighted by Gasteiger charge is -2.20. The second-order valence-corrected chi connectivity index (χ2v) is 14.2. The molecule has 0 saturated heterocycles. The van der Waals surface area contributed by atoms with Crippen LogP contribution in [0, 0.1) is 18.4 Å². The molecular weight excluding hydrogens is 498 g/mol. The first kappa shape index (κ1) is 29.4. The number of nitrogens with zero attached hydrogens (tertiary/aromatic N) is 2. The highest BCUT2D eigenvalue weighted by molar-refractivity contribution is 6.83. The Bertz CT molecular complexity index is 1270. The van der Waals surface area contributed by atoms with Gasteiger partial charge in [0.25, 0.3) is 0 Å². The van der Waals surface area contributed by atoms with Crippen molar-refractivity contribution in [2.45, 2.75) is 53.0 Å². The van der Waals surface area contributed by atoms with Gasteiger partial charge in [-0.05, 0) is 56.1 Å². The van der Waals surface area contributed by atoms with Crippen LogP contribution in [0.1, 0.15) is 25.0 Å². The van der Waals surface area contributed by atoms with Crippen LogP contribution >= 0.6 is 11.6 Å². The Hall–Kier alpha value is -2.87. The molecule has 8 nitrogen and oxygen atoms in total. The second-order valence-electron chi connectivity index (χ2n) is 9.10. The molecule has 1 heterocycles. The van der Waals surface area contributed by atoms with Crippen LogP contribution in [0.2, 0.25) is 24.9 Å². The van der Waals surface area contributed by atoms with Crippen molar-refractivity contribution in [2.24, 2.45) is 0 Å². The molecule has 2 unspecified atom stereocenters. The fourth-order valence-electron chi connectivity index (χ4n) is 3.13. The normalized spacial score (nSPS) is 12.7. The Morgan fingerprint density at radius 3 is 2.17 bits per heavy atom. The maximum Gasteiger partial charge on any atom is 0.224 e. The molecule has 0 saturated carbocycles. The average Bonchev–Trinajstić information content (AvgIpc) is 2.79. The number of benzene rings is 2. The highest BCUT2D eigenvalue weighted by Crippen LogP contribution is 2.37. The minimum atomic E-state index is -1.51. The summed E-state index contributed by atoms with van der Waals surface area (Å²) < 4.78 is 22.4. The van der Waals surface area contributed by atoms with Crippen LogP contribution < -0.4 is 14.8 Å². The number of nitrogens with one attached hydrogen (secondary N) is 1. The van der Waals surface area contributed by atoms with Gasteiger partial charge in [0.2, 0.25) is 5.28 Å². The van der Waals surface area contributed by atoms with Gasteiger partial charge in [-0.25, -0.2) is 4.98 Å². The lowest BCUT2D eigenvalue weighted by Crippen LogP contribution is -2.17. The fourth-order valence-corrected chi connectivity index (χ4v) is 3.82. The Kier molecular flexibility index (Phi) is 10.1. The van der Waals surface area contributed by atoms with Crippen LogP contribution in [0.25, 0.3) is 10.9 Å². The number of anilines is 2. The largest absolute Gasteiger partial charge is 0.461 e. The van der Waals surface area contributed by atoms with Crippen molar-refractivity contribution in [3.8, 4) is 23.0 Å². The summed E-state index contributed by atoms with van der Waals surface area (Å²) in [6, 6.07) is 9.55. The summed E-state index contributed by atoms with van der Waals surface area (Å²) in [5.41, 5.74) is 6.90. The Morgan fingerprint density at radius 1 is 0.972 bits per heavy atom. The summed E-state index contributed by atoms with van der Waals surface area (Å²) in [4.78, 5) is 8.86. The number of aromatic nitrogens is 2. The number of hydrogen-bond donors (Lipinski definition) is 1. The van der Waals surface area contributed by atoms with E-state index in [0.29, 0.717) is 28.2 Å². The summed E-state index contributed by atoms with van der Waals surface area (Å²) in [7, 11) is 1.63. The second kappa shape index (κ2) is 12.4. The van der Waals surface area contributed by atoms with Gasteiger partial charge in [-0.1, -0.05) is 31.6 Å². The van der Waals surface area contributed by atoms with E-state index >= 15 is 0 Å². The van der Waals surface area contributed by atoms with Crippen LogP contribution in [-0.2, 0) is 9.47 Å². The van der Waals surface area contributed by atoms with Crippen LogP contribution in [0.4, 0.5) is 11.5 Å². The van der Waals surface area contributed by atoms with Gasteiger partial charge in [0, 0.05) is 36.9 Å². The third kappa shape index (κ3) is 7.56. The Labute approximate surface area is 218 Å². The highest BCUT2D eigenvalue weighted by Gasteiger charge is 2.18. The smallest absolute Gasteiger partial charge is 0.224 e. The lowest BCUT2D eigenvalue weighted by atomic mass is 10.1. The summed E-state index contributed by atoms with van der Waals surface area (Å²) in [5, 5.41) is 4.23. The topological polar surface area (TPSA) is 106 Å². The number of fused-ring (bicyclic) bond motifs is 1. The van der Waals surface area contributed by atoms with E-state index in [9.17, 15) is 0 Å². The first-order valence-electron chi connectivity index (χ1n) is 11.3. The first-order chi connectivity index (χ1) is 16.5. The van der Waals surface area contributed by atoms with E-state index in [0.717, 1.165) is 16.8 Å². The zero-order valence-corrected chi connectivity index (χ0v) is 23.7. The zero-order valence-electron chi connectivity index (χ0n) is 21.9. The lowest BCUT2D eigenvalue weighted by molar-refractivity contribution is -0.0551.